The Morgan fingerprint density at radius 1 is 1.24 bits per heavy atom. The summed E-state index contributed by atoms with van der Waals surface area (Å²) >= 11 is 0. The summed E-state index contributed by atoms with van der Waals surface area (Å²) in [7, 11) is -1.96. The van der Waals surface area contributed by atoms with Crippen molar-refractivity contribution in [2.24, 2.45) is 7.05 Å². The van der Waals surface area contributed by atoms with Gasteiger partial charge >= 0.3 is 0 Å². The van der Waals surface area contributed by atoms with E-state index in [0.29, 0.717) is 18.7 Å². The van der Waals surface area contributed by atoms with Crippen molar-refractivity contribution >= 4 is 15.9 Å². The number of carbonyl (C=O) groups is 1. The molecule has 1 aromatic carbocycles. The average molecular weight is 365 g/mol. The minimum Gasteiger partial charge on any atom is -0.347 e. The van der Waals surface area contributed by atoms with Gasteiger partial charge in [0.2, 0.25) is 10.0 Å². The lowest BCUT2D eigenvalue weighted by Crippen LogP contribution is -2.27. The third kappa shape index (κ3) is 3.59. The number of amides is 1. The molecule has 1 saturated heterocycles. The van der Waals surface area contributed by atoms with Gasteiger partial charge in [-0.05, 0) is 25.0 Å². The molecule has 1 aliphatic heterocycles. The first-order chi connectivity index (χ1) is 11.9. The van der Waals surface area contributed by atoms with Crippen molar-refractivity contribution in [2.45, 2.75) is 24.3 Å². The van der Waals surface area contributed by atoms with E-state index in [1.807, 2.05) is 0 Å². The molecular formula is C17H20FN3O3S. The van der Waals surface area contributed by atoms with Crippen LogP contribution in [0.3, 0.4) is 0 Å². The molecule has 134 valence electrons. The van der Waals surface area contributed by atoms with Crippen LogP contribution in [0.25, 0.3) is 0 Å². The van der Waals surface area contributed by atoms with Gasteiger partial charge in [-0.25, -0.2) is 12.8 Å². The van der Waals surface area contributed by atoms with Crippen molar-refractivity contribution in [3.05, 3.63) is 53.6 Å². The van der Waals surface area contributed by atoms with Gasteiger partial charge in [0.25, 0.3) is 5.91 Å². The SMILES string of the molecule is Cn1cc(S(=O)(=O)N2CCCC2)cc1C(=O)NCc1ccccc1F. The molecular weight excluding hydrogens is 345 g/mol. The Morgan fingerprint density at radius 3 is 2.60 bits per heavy atom. The first-order valence-corrected chi connectivity index (χ1v) is 9.52. The van der Waals surface area contributed by atoms with Crippen LogP contribution in [-0.4, -0.2) is 36.3 Å². The predicted octanol–water partition coefficient (Wildman–Crippen LogP) is 1.88. The zero-order valence-electron chi connectivity index (χ0n) is 13.9. The molecule has 0 saturated carbocycles. The van der Waals surface area contributed by atoms with Crippen LogP contribution >= 0.6 is 0 Å². The van der Waals surface area contributed by atoms with E-state index in [1.165, 1.54) is 27.2 Å². The summed E-state index contributed by atoms with van der Waals surface area (Å²) in [6, 6.07) is 7.54. The highest BCUT2D eigenvalue weighted by Gasteiger charge is 2.29. The molecule has 0 atom stereocenters. The Kier molecular flexibility index (Phi) is 4.91. The molecule has 1 aromatic heterocycles. The van der Waals surface area contributed by atoms with Gasteiger partial charge in [-0.3, -0.25) is 4.79 Å². The maximum Gasteiger partial charge on any atom is 0.268 e. The van der Waals surface area contributed by atoms with E-state index in [1.54, 1.807) is 25.2 Å². The number of benzene rings is 1. The molecule has 1 N–H and O–H groups in total. The number of carbonyl (C=O) groups excluding carboxylic acids is 1. The van der Waals surface area contributed by atoms with Crippen LogP contribution in [0.2, 0.25) is 0 Å². The Morgan fingerprint density at radius 2 is 1.92 bits per heavy atom. The predicted molar refractivity (Wildman–Crippen MR) is 91.0 cm³/mol. The summed E-state index contributed by atoms with van der Waals surface area (Å²) < 4.78 is 41.7. The summed E-state index contributed by atoms with van der Waals surface area (Å²) in [5.41, 5.74) is 0.587. The summed E-state index contributed by atoms with van der Waals surface area (Å²) in [6.45, 7) is 1.04. The molecule has 3 rings (SSSR count). The minimum absolute atomic E-state index is 0.0326. The highest BCUT2D eigenvalue weighted by atomic mass is 32.2. The van der Waals surface area contributed by atoms with Crippen LogP contribution in [0, 0.1) is 5.82 Å². The summed E-state index contributed by atoms with van der Waals surface area (Å²) in [5.74, 6) is -0.847. The number of nitrogens with zero attached hydrogens (tertiary/aromatic N) is 2. The van der Waals surface area contributed by atoms with Crippen LogP contribution in [0.1, 0.15) is 28.9 Å². The normalized spacial score (nSPS) is 15.4. The van der Waals surface area contributed by atoms with Gasteiger partial charge in [-0.2, -0.15) is 4.31 Å². The number of aromatic nitrogens is 1. The molecule has 1 fully saturated rings. The van der Waals surface area contributed by atoms with E-state index in [0.717, 1.165) is 12.8 Å². The summed E-state index contributed by atoms with van der Waals surface area (Å²) in [4.78, 5) is 12.5. The van der Waals surface area contributed by atoms with Crippen LogP contribution in [-0.2, 0) is 23.6 Å². The quantitative estimate of drug-likeness (QED) is 0.879. The van der Waals surface area contributed by atoms with Crippen LogP contribution in [0.4, 0.5) is 4.39 Å². The number of rotatable bonds is 5. The topological polar surface area (TPSA) is 71.4 Å². The molecule has 0 bridgehead atoms. The molecule has 0 spiro atoms. The third-order valence-electron chi connectivity index (χ3n) is 4.31. The van der Waals surface area contributed by atoms with Gasteiger partial charge in [-0.1, -0.05) is 18.2 Å². The van der Waals surface area contributed by atoms with E-state index in [4.69, 9.17) is 0 Å². The lowest BCUT2D eigenvalue weighted by Gasteiger charge is -2.13. The molecule has 2 aromatic rings. The fourth-order valence-corrected chi connectivity index (χ4v) is 4.48. The Hall–Kier alpha value is -2.19. The van der Waals surface area contributed by atoms with Gasteiger partial charge in [0.15, 0.2) is 0 Å². The van der Waals surface area contributed by atoms with E-state index in [-0.39, 0.29) is 17.1 Å². The maximum atomic E-state index is 13.6. The molecule has 1 amide bonds. The molecule has 0 radical (unpaired) electrons. The number of halogens is 1. The molecule has 0 aliphatic carbocycles. The first kappa shape index (κ1) is 17.6. The molecule has 2 heterocycles. The van der Waals surface area contributed by atoms with Gasteiger partial charge in [0.1, 0.15) is 16.4 Å². The van der Waals surface area contributed by atoms with Crippen LogP contribution in [0.5, 0.6) is 0 Å². The number of sulfonamides is 1. The Labute approximate surface area is 146 Å². The summed E-state index contributed by atoms with van der Waals surface area (Å²) in [5, 5.41) is 2.62. The number of hydrogen-bond donors (Lipinski definition) is 1. The number of hydrogen-bond acceptors (Lipinski definition) is 3. The summed E-state index contributed by atoms with van der Waals surface area (Å²) in [6.07, 6.45) is 3.13. The van der Waals surface area contributed by atoms with Crippen molar-refractivity contribution in [1.82, 2.24) is 14.2 Å². The lowest BCUT2D eigenvalue weighted by atomic mass is 10.2. The largest absolute Gasteiger partial charge is 0.347 e. The zero-order chi connectivity index (χ0) is 18.0. The fourth-order valence-electron chi connectivity index (χ4n) is 2.89. The highest BCUT2D eigenvalue weighted by molar-refractivity contribution is 7.89. The van der Waals surface area contributed by atoms with Gasteiger partial charge < -0.3 is 9.88 Å². The van der Waals surface area contributed by atoms with E-state index in [9.17, 15) is 17.6 Å². The highest BCUT2D eigenvalue weighted by Crippen LogP contribution is 2.22. The van der Waals surface area contributed by atoms with Gasteiger partial charge in [-0.15, -0.1) is 0 Å². The maximum absolute atomic E-state index is 13.6. The van der Waals surface area contributed by atoms with E-state index in [2.05, 4.69) is 5.32 Å². The standard InChI is InChI=1S/C17H20FN3O3S/c1-20-12-14(25(23,24)21-8-4-5-9-21)10-16(20)17(22)19-11-13-6-2-3-7-15(13)18/h2-3,6-7,10,12H,4-5,8-9,11H2,1H3,(H,19,22). The van der Waals surface area contributed by atoms with Gasteiger partial charge in [0.05, 0.1) is 0 Å². The molecule has 25 heavy (non-hydrogen) atoms. The van der Waals surface area contributed by atoms with Crippen LogP contribution < -0.4 is 5.32 Å². The lowest BCUT2D eigenvalue weighted by molar-refractivity contribution is 0.0942. The van der Waals surface area contributed by atoms with Crippen molar-refractivity contribution in [2.75, 3.05) is 13.1 Å². The average Bonchev–Trinajstić information content (AvgIpc) is 3.24. The molecule has 8 heteroatoms. The third-order valence-corrected chi connectivity index (χ3v) is 6.18. The monoisotopic (exact) mass is 365 g/mol. The van der Waals surface area contributed by atoms with Crippen molar-refractivity contribution < 1.29 is 17.6 Å². The molecule has 1 aliphatic rings. The second-order valence-electron chi connectivity index (χ2n) is 6.06. The van der Waals surface area contributed by atoms with Crippen molar-refractivity contribution in [3.8, 4) is 0 Å². The second kappa shape index (κ2) is 6.97. The smallest absolute Gasteiger partial charge is 0.268 e. The minimum atomic E-state index is -3.58. The van der Waals surface area contributed by atoms with E-state index >= 15 is 0 Å². The van der Waals surface area contributed by atoms with Crippen molar-refractivity contribution in [3.63, 3.8) is 0 Å². The Bertz CT molecular complexity index is 886. The molecule has 0 unspecified atom stereocenters. The van der Waals surface area contributed by atoms with E-state index < -0.39 is 21.7 Å². The van der Waals surface area contributed by atoms with Crippen molar-refractivity contribution in [1.29, 1.82) is 0 Å². The first-order valence-electron chi connectivity index (χ1n) is 8.08. The fraction of sp³-hybridized carbons (Fsp3) is 0.353. The molecule has 6 nitrogen and oxygen atoms in total. The van der Waals surface area contributed by atoms with Crippen LogP contribution in [0.15, 0.2) is 41.4 Å². The zero-order valence-corrected chi connectivity index (χ0v) is 14.7. The number of aryl methyl sites for hydroxylation is 1. The van der Waals surface area contributed by atoms with Gasteiger partial charge in [0, 0.05) is 38.4 Å². The second-order valence-corrected chi connectivity index (χ2v) is 8.00. The number of nitrogens with one attached hydrogen (secondary N) is 1. The Balaban J connectivity index is 1.76.